The van der Waals surface area contributed by atoms with E-state index in [9.17, 15) is 19.7 Å². The van der Waals surface area contributed by atoms with Crippen LogP contribution in [0.1, 0.15) is 20.7 Å². The number of non-ortho nitro benzene ring substituents is 1. The Labute approximate surface area is 130 Å². The normalized spacial score (nSPS) is 9.86. The first-order valence-electron chi connectivity index (χ1n) is 6.08. The van der Waals surface area contributed by atoms with Crippen molar-refractivity contribution in [2.75, 3.05) is 0 Å². The molecule has 2 aromatic carbocycles. The highest BCUT2D eigenvalue weighted by molar-refractivity contribution is 6.30. The standard InChI is InChI=1S/C14H10ClN3O4/c15-11-5-1-3-9(7-11)13(19)16-17-14(20)10-4-2-6-12(8-10)18(21)22/h1-8H,(H,16,19)(H,17,20). The van der Waals surface area contributed by atoms with Crippen molar-refractivity contribution >= 4 is 29.1 Å². The maximum absolute atomic E-state index is 11.8. The number of hydrogen-bond donors (Lipinski definition) is 2. The molecule has 7 nitrogen and oxygen atoms in total. The molecule has 0 aliphatic rings. The molecule has 2 amide bonds. The summed E-state index contributed by atoms with van der Waals surface area (Å²) >= 11 is 5.76. The minimum absolute atomic E-state index is 0.0561. The molecule has 0 saturated heterocycles. The van der Waals surface area contributed by atoms with Gasteiger partial charge in [0, 0.05) is 28.3 Å². The molecule has 112 valence electrons. The zero-order valence-corrected chi connectivity index (χ0v) is 11.8. The van der Waals surface area contributed by atoms with Gasteiger partial charge in [-0.3, -0.25) is 30.6 Å². The minimum Gasteiger partial charge on any atom is -0.267 e. The molecule has 2 N–H and O–H groups in total. The summed E-state index contributed by atoms with van der Waals surface area (Å²) in [6.45, 7) is 0. The monoisotopic (exact) mass is 319 g/mol. The van der Waals surface area contributed by atoms with Gasteiger partial charge in [0.25, 0.3) is 17.5 Å². The van der Waals surface area contributed by atoms with Gasteiger partial charge in [0.15, 0.2) is 0 Å². The van der Waals surface area contributed by atoms with Crippen molar-refractivity contribution in [3.8, 4) is 0 Å². The number of benzene rings is 2. The summed E-state index contributed by atoms with van der Waals surface area (Å²) in [5, 5.41) is 11.0. The number of halogens is 1. The number of carbonyl (C=O) groups excluding carboxylic acids is 2. The first kappa shape index (κ1) is 15.5. The van der Waals surface area contributed by atoms with Gasteiger partial charge in [-0.25, -0.2) is 0 Å². The largest absolute Gasteiger partial charge is 0.270 e. The van der Waals surface area contributed by atoms with Crippen molar-refractivity contribution in [3.63, 3.8) is 0 Å². The summed E-state index contributed by atoms with van der Waals surface area (Å²) in [7, 11) is 0. The molecule has 0 unspecified atom stereocenters. The van der Waals surface area contributed by atoms with Crippen LogP contribution in [0.3, 0.4) is 0 Å². The number of nitro benzene ring substituents is 1. The van der Waals surface area contributed by atoms with Crippen molar-refractivity contribution in [1.82, 2.24) is 10.9 Å². The average Bonchev–Trinajstić information content (AvgIpc) is 2.52. The van der Waals surface area contributed by atoms with Crippen molar-refractivity contribution in [3.05, 3.63) is 74.8 Å². The van der Waals surface area contributed by atoms with Crippen molar-refractivity contribution in [1.29, 1.82) is 0 Å². The maximum Gasteiger partial charge on any atom is 0.270 e. The van der Waals surface area contributed by atoms with Gasteiger partial charge in [-0.05, 0) is 24.3 Å². The molecular formula is C14H10ClN3O4. The number of nitro groups is 1. The smallest absolute Gasteiger partial charge is 0.267 e. The molecule has 0 atom stereocenters. The average molecular weight is 320 g/mol. The number of nitrogens with one attached hydrogen (secondary N) is 2. The van der Waals surface area contributed by atoms with Crippen LogP contribution < -0.4 is 10.9 Å². The van der Waals surface area contributed by atoms with Gasteiger partial charge in [0.1, 0.15) is 0 Å². The van der Waals surface area contributed by atoms with Crippen LogP contribution in [-0.4, -0.2) is 16.7 Å². The van der Waals surface area contributed by atoms with Gasteiger partial charge in [-0.1, -0.05) is 23.7 Å². The molecule has 22 heavy (non-hydrogen) atoms. The molecule has 0 saturated carbocycles. The van der Waals surface area contributed by atoms with E-state index < -0.39 is 16.7 Å². The topological polar surface area (TPSA) is 101 Å². The van der Waals surface area contributed by atoms with Crippen LogP contribution in [0.15, 0.2) is 48.5 Å². The fourth-order valence-corrected chi connectivity index (χ4v) is 1.84. The Morgan fingerprint density at radius 1 is 0.955 bits per heavy atom. The first-order chi connectivity index (χ1) is 10.5. The molecule has 2 rings (SSSR count). The predicted octanol–water partition coefficient (Wildman–Crippen LogP) is 2.32. The van der Waals surface area contributed by atoms with E-state index in [-0.39, 0.29) is 16.8 Å². The van der Waals surface area contributed by atoms with E-state index in [1.165, 1.54) is 30.3 Å². The number of hydrogen-bond acceptors (Lipinski definition) is 4. The van der Waals surface area contributed by atoms with Gasteiger partial charge >= 0.3 is 0 Å². The molecule has 8 heteroatoms. The summed E-state index contributed by atoms with van der Waals surface area (Å²) in [6, 6.07) is 11.3. The Balaban J connectivity index is 2.02. The van der Waals surface area contributed by atoms with Gasteiger partial charge < -0.3 is 0 Å². The number of carbonyl (C=O) groups is 2. The van der Waals surface area contributed by atoms with Crippen molar-refractivity contribution in [2.24, 2.45) is 0 Å². The Bertz CT molecular complexity index is 748. The van der Waals surface area contributed by atoms with Gasteiger partial charge in [-0.2, -0.15) is 0 Å². The van der Waals surface area contributed by atoms with Gasteiger partial charge in [0.05, 0.1) is 4.92 Å². The van der Waals surface area contributed by atoms with E-state index in [1.54, 1.807) is 12.1 Å². The second-order valence-electron chi connectivity index (χ2n) is 4.23. The van der Waals surface area contributed by atoms with Crippen LogP contribution in [0.5, 0.6) is 0 Å². The zero-order valence-electron chi connectivity index (χ0n) is 11.1. The molecular weight excluding hydrogens is 310 g/mol. The summed E-state index contributed by atoms with van der Waals surface area (Å²) in [4.78, 5) is 33.7. The summed E-state index contributed by atoms with van der Waals surface area (Å²) in [6.07, 6.45) is 0. The van der Waals surface area contributed by atoms with Gasteiger partial charge in [-0.15, -0.1) is 0 Å². The van der Waals surface area contributed by atoms with E-state index in [2.05, 4.69) is 10.9 Å². The Morgan fingerprint density at radius 2 is 1.50 bits per heavy atom. The van der Waals surface area contributed by atoms with E-state index >= 15 is 0 Å². The fourth-order valence-electron chi connectivity index (χ4n) is 1.65. The van der Waals surface area contributed by atoms with Crippen LogP contribution in [-0.2, 0) is 0 Å². The van der Waals surface area contributed by atoms with Crippen LogP contribution in [0, 0.1) is 10.1 Å². The maximum atomic E-state index is 11.8. The lowest BCUT2D eigenvalue weighted by atomic mass is 10.2. The van der Waals surface area contributed by atoms with Crippen molar-refractivity contribution in [2.45, 2.75) is 0 Å². The lowest BCUT2D eigenvalue weighted by molar-refractivity contribution is -0.384. The molecule has 0 spiro atoms. The highest BCUT2D eigenvalue weighted by Crippen LogP contribution is 2.13. The summed E-state index contributed by atoms with van der Waals surface area (Å²) in [5.41, 5.74) is 4.50. The van der Waals surface area contributed by atoms with Crippen LogP contribution >= 0.6 is 11.6 Å². The lowest BCUT2D eigenvalue weighted by Crippen LogP contribution is -2.41. The first-order valence-corrected chi connectivity index (χ1v) is 6.46. The van der Waals surface area contributed by atoms with Crippen LogP contribution in [0.25, 0.3) is 0 Å². The number of rotatable bonds is 3. The summed E-state index contributed by atoms with van der Waals surface area (Å²) < 4.78 is 0. The second-order valence-corrected chi connectivity index (χ2v) is 4.66. The predicted molar refractivity (Wildman–Crippen MR) is 79.5 cm³/mol. The molecule has 0 aliphatic carbocycles. The highest BCUT2D eigenvalue weighted by atomic mass is 35.5. The Morgan fingerprint density at radius 3 is 2.05 bits per heavy atom. The highest BCUT2D eigenvalue weighted by Gasteiger charge is 2.12. The number of hydrazine groups is 1. The molecule has 0 fully saturated rings. The number of amides is 2. The van der Waals surface area contributed by atoms with E-state index in [1.807, 2.05) is 0 Å². The third-order valence-corrected chi connectivity index (χ3v) is 2.93. The Hall–Kier alpha value is -2.93. The van der Waals surface area contributed by atoms with Gasteiger partial charge in [0.2, 0.25) is 0 Å². The lowest BCUT2D eigenvalue weighted by Gasteiger charge is -2.07. The third kappa shape index (κ3) is 3.80. The summed E-state index contributed by atoms with van der Waals surface area (Å²) in [5.74, 6) is -1.22. The number of nitrogens with zero attached hydrogens (tertiary/aromatic N) is 1. The van der Waals surface area contributed by atoms with E-state index in [0.717, 1.165) is 6.07 Å². The molecule has 0 bridgehead atoms. The molecule has 0 heterocycles. The second kappa shape index (κ2) is 6.68. The quantitative estimate of drug-likeness (QED) is 0.669. The van der Waals surface area contributed by atoms with E-state index in [0.29, 0.717) is 5.02 Å². The van der Waals surface area contributed by atoms with Crippen LogP contribution in [0.4, 0.5) is 5.69 Å². The van der Waals surface area contributed by atoms with E-state index in [4.69, 9.17) is 11.6 Å². The SMILES string of the molecule is O=C(NNC(=O)c1cccc([N+](=O)[O-])c1)c1cccc(Cl)c1. The fraction of sp³-hybridized carbons (Fsp3) is 0. The Kier molecular flexibility index (Phi) is 4.70. The zero-order chi connectivity index (χ0) is 16.1. The molecule has 0 aromatic heterocycles. The molecule has 0 aliphatic heterocycles. The molecule has 0 radical (unpaired) electrons. The third-order valence-electron chi connectivity index (χ3n) is 2.70. The van der Waals surface area contributed by atoms with Crippen LogP contribution in [0.2, 0.25) is 5.02 Å². The van der Waals surface area contributed by atoms with Crippen molar-refractivity contribution < 1.29 is 14.5 Å². The minimum atomic E-state index is -0.668. The molecule has 2 aromatic rings.